The number of aromatic nitrogens is 4. The number of fused-ring (bicyclic) bond motifs is 1. The first-order valence-corrected chi connectivity index (χ1v) is 28.4. The van der Waals surface area contributed by atoms with Gasteiger partial charge in [-0.05, 0) is 72.9 Å². The number of Topliss-reactive ketones (excluding diaryl/α,β-unsaturated/α-hetero) is 2. The summed E-state index contributed by atoms with van der Waals surface area (Å²) in [6.45, 7) is 12.5. The van der Waals surface area contributed by atoms with E-state index in [1.54, 1.807) is 22.6 Å². The van der Waals surface area contributed by atoms with Crippen molar-refractivity contribution in [2.45, 2.75) is 96.4 Å². The van der Waals surface area contributed by atoms with Crippen molar-refractivity contribution in [1.29, 1.82) is 0 Å². The number of aromatic amines is 1. The van der Waals surface area contributed by atoms with E-state index >= 15 is 0 Å². The lowest BCUT2D eigenvalue weighted by Gasteiger charge is -2.39. The smallest absolute Gasteiger partial charge is 0.248 e. The SMILES string of the molecule is Cc1ncsc1-c1ccc(CCC(=O)[C@@H]2C[C@@H](O)CN2C(=O)[C@@H](CC(=O)COCCOCCOCC(=O)N2CCN(CC[C@H](NC(=O)C3(N)CCN(c4ncnc5[nH]ccc45)CC3)c3ccc(Cl)cc3)CC2)C(C)(C)C)cc1. The van der Waals surface area contributed by atoms with E-state index in [0.29, 0.717) is 76.5 Å². The molecule has 3 aliphatic rings. The number of β-amino-alcohol motifs (C(OH)–C–C–N with tert-alkyl or cyclic N) is 1. The maximum absolute atomic E-state index is 14.1. The molecule has 3 fully saturated rings. The number of thiazole rings is 1. The van der Waals surface area contributed by atoms with Crippen LogP contribution in [0.15, 0.2) is 72.6 Å². The molecule has 0 radical (unpaired) electrons. The molecule has 3 saturated heterocycles. The van der Waals surface area contributed by atoms with Gasteiger partial charge in [0.15, 0.2) is 11.6 Å². The molecule has 0 saturated carbocycles. The minimum Gasteiger partial charge on any atom is -0.391 e. The van der Waals surface area contributed by atoms with Gasteiger partial charge in [0.25, 0.3) is 0 Å². The van der Waals surface area contributed by atoms with Gasteiger partial charge in [-0.1, -0.05) is 68.8 Å². The Morgan fingerprint density at radius 2 is 1.59 bits per heavy atom. The zero-order chi connectivity index (χ0) is 55.4. The topological polar surface area (TPSA) is 239 Å². The first-order valence-electron chi connectivity index (χ1n) is 27.1. The average Bonchev–Trinajstić information content (AvgIpc) is 4.20. The van der Waals surface area contributed by atoms with Crippen LogP contribution in [0.4, 0.5) is 5.82 Å². The van der Waals surface area contributed by atoms with Crippen LogP contribution in [0.5, 0.6) is 0 Å². The zero-order valence-electron chi connectivity index (χ0n) is 45.3. The number of hydrogen-bond donors (Lipinski definition) is 4. The van der Waals surface area contributed by atoms with Crippen LogP contribution in [0, 0.1) is 18.3 Å². The van der Waals surface area contributed by atoms with Crippen molar-refractivity contribution in [3.8, 4) is 10.4 Å². The summed E-state index contributed by atoms with van der Waals surface area (Å²) in [5, 5.41) is 15.5. The van der Waals surface area contributed by atoms with Crippen LogP contribution in [0.25, 0.3) is 21.5 Å². The van der Waals surface area contributed by atoms with Gasteiger partial charge in [0.2, 0.25) is 17.7 Å². The number of ketones is 2. The van der Waals surface area contributed by atoms with Gasteiger partial charge in [-0.2, -0.15) is 0 Å². The highest BCUT2D eigenvalue weighted by molar-refractivity contribution is 7.13. The second-order valence-corrected chi connectivity index (χ2v) is 23.2. The summed E-state index contributed by atoms with van der Waals surface area (Å²) >= 11 is 7.83. The lowest BCUT2D eigenvalue weighted by atomic mass is 9.76. The maximum Gasteiger partial charge on any atom is 0.248 e. The molecule has 0 spiro atoms. The summed E-state index contributed by atoms with van der Waals surface area (Å²) in [5.74, 6) is -0.847. The van der Waals surface area contributed by atoms with Crippen molar-refractivity contribution in [3.63, 3.8) is 0 Å². The van der Waals surface area contributed by atoms with Crippen molar-refractivity contribution in [1.82, 2.24) is 40.0 Å². The van der Waals surface area contributed by atoms with Gasteiger partial charge in [0.1, 0.15) is 31.0 Å². The van der Waals surface area contributed by atoms with Crippen LogP contribution in [-0.4, -0.2) is 179 Å². The number of carbonyl (C=O) groups excluding carboxylic acids is 5. The highest BCUT2D eigenvalue weighted by Gasteiger charge is 2.44. The molecule has 2 aromatic carbocycles. The summed E-state index contributed by atoms with van der Waals surface area (Å²) in [5.41, 5.74) is 11.8. The fourth-order valence-electron chi connectivity index (χ4n) is 10.5. The Hall–Kier alpha value is -5.71. The van der Waals surface area contributed by atoms with Gasteiger partial charge in [0.05, 0.1) is 71.6 Å². The van der Waals surface area contributed by atoms with Gasteiger partial charge < -0.3 is 50.1 Å². The molecule has 420 valence electrons. The Balaban J connectivity index is 0.690. The zero-order valence-corrected chi connectivity index (χ0v) is 46.9. The van der Waals surface area contributed by atoms with Crippen LogP contribution in [0.1, 0.15) is 82.2 Å². The van der Waals surface area contributed by atoms with Gasteiger partial charge in [0, 0.05) is 88.8 Å². The Morgan fingerprint density at radius 3 is 2.27 bits per heavy atom. The largest absolute Gasteiger partial charge is 0.391 e. The number of aryl methyl sites for hydroxylation is 2. The van der Waals surface area contributed by atoms with Crippen molar-refractivity contribution in [3.05, 3.63) is 94.5 Å². The van der Waals surface area contributed by atoms with E-state index in [0.717, 1.165) is 44.1 Å². The Bertz CT molecular complexity index is 2810. The van der Waals surface area contributed by atoms with E-state index in [1.807, 2.05) is 94.0 Å². The number of nitrogens with two attached hydrogens (primary N) is 1. The summed E-state index contributed by atoms with van der Waals surface area (Å²) in [6, 6.07) is 16.5. The number of carbonyl (C=O) groups is 5. The Morgan fingerprint density at radius 1 is 0.897 bits per heavy atom. The standard InChI is InChI=1S/C57H75ClN10O9S/c1-38-51(78-37-63-38)41-8-5-39(6-9-41)7-14-49(71)48-32-43(69)33-68(48)54(73)46(56(2,3)4)31-44(70)34-76-29-27-75-28-30-77-35-50(72)66-25-23-65(24-26-66)20-16-47(40-10-12-42(58)13-11-40)64-55(74)57(59)17-21-67(22-18-57)53-45-15-19-60-52(45)61-36-62-53/h5-6,8-13,15,19,36-37,43,46-48,69H,7,14,16-18,20-35,59H2,1-4H3,(H,64,74)(H,60,61,62)/t43-,46-,47+,48+/m1/s1. The molecule has 8 rings (SSSR count). The van der Waals surface area contributed by atoms with E-state index in [4.69, 9.17) is 31.5 Å². The molecule has 0 unspecified atom stereocenters. The highest BCUT2D eigenvalue weighted by atomic mass is 35.5. The number of benzene rings is 2. The number of nitrogens with zero attached hydrogens (tertiary/aromatic N) is 7. The van der Waals surface area contributed by atoms with Gasteiger partial charge in [-0.25, -0.2) is 15.0 Å². The lowest BCUT2D eigenvalue weighted by Crippen LogP contribution is -2.60. The van der Waals surface area contributed by atoms with Gasteiger partial charge in [-0.15, -0.1) is 11.3 Å². The first-order chi connectivity index (χ1) is 37.5. The summed E-state index contributed by atoms with van der Waals surface area (Å²) in [4.78, 5) is 93.0. The van der Waals surface area contributed by atoms with E-state index in [1.165, 1.54) is 4.90 Å². The maximum atomic E-state index is 14.1. The number of piperidine rings is 1. The third-order valence-electron chi connectivity index (χ3n) is 15.3. The van der Waals surface area contributed by atoms with Crippen molar-refractivity contribution in [2.24, 2.45) is 17.1 Å². The molecule has 0 bridgehead atoms. The summed E-state index contributed by atoms with van der Waals surface area (Å²) in [7, 11) is 0. The Labute approximate surface area is 465 Å². The van der Waals surface area contributed by atoms with Crippen LogP contribution in [-0.2, 0) is 44.6 Å². The number of aliphatic hydroxyl groups excluding tert-OH is 1. The number of anilines is 1. The molecule has 3 aromatic heterocycles. The fraction of sp³-hybridized carbons (Fsp3) is 0.544. The number of ether oxygens (including phenoxy) is 3. The quantitative estimate of drug-likeness (QED) is 0.0523. The minimum absolute atomic E-state index is 0.0448. The third kappa shape index (κ3) is 15.3. The number of hydrogen-bond acceptors (Lipinski definition) is 16. The molecule has 19 nitrogen and oxygen atoms in total. The van der Waals surface area contributed by atoms with E-state index in [9.17, 15) is 29.1 Å². The number of rotatable bonds is 25. The third-order valence-corrected chi connectivity index (χ3v) is 16.6. The van der Waals surface area contributed by atoms with Crippen LogP contribution < -0.4 is 16.0 Å². The Kier molecular flexibility index (Phi) is 20.2. The van der Waals surface area contributed by atoms with Crippen molar-refractivity contribution in [2.75, 3.05) is 96.9 Å². The number of H-pyrrole nitrogens is 1. The van der Waals surface area contributed by atoms with Crippen molar-refractivity contribution < 1.29 is 43.3 Å². The number of amides is 3. The molecule has 3 aliphatic heterocycles. The lowest BCUT2D eigenvalue weighted by molar-refractivity contribution is -0.146. The van der Waals surface area contributed by atoms with E-state index < -0.39 is 29.0 Å². The van der Waals surface area contributed by atoms with Crippen LogP contribution in [0.3, 0.4) is 0 Å². The second kappa shape index (κ2) is 27.0. The number of likely N-dealkylation sites (tertiary alicyclic amines) is 1. The number of piperazine rings is 1. The van der Waals surface area contributed by atoms with Gasteiger partial charge in [-0.3, -0.25) is 28.9 Å². The predicted molar refractivity (Wildman–Crippen MR) is 299 cm³/mol. The molecule has 5 aromatic rings. The number of nitrogens with one attached hydrogen (secondary N) is 2. The minimum atomic E-state index is -1.04. The molecule has 0 aliphatic carbocycles. The predicted octanol–water partition coefficient (Wildman–Crippen LogP) is 5.57. The summed E-state index contributed by atoms with van der Waals surface area (Å²) in [6.07, 6.45) is 4.97. The first kappa shape index (κ1) is 58.4. The number of halogens is 1. The monoisotopic (exact) mass is 1110 g/mol. The van der Waals surface area contributed by atoms with E-state index in [-0.39, 0.29) is 101 Å². The normalized spacial score (nSPS) is 18.8. The molecular formula is C57H75ClN10O9S. The molecule has 21 heteroatoms. The number of aliphatic hydroxyl groups is 1. The molecule has 5 N–H and O–H groups in total. The van der Waals surface area contributed by atoms with Gasteiger partial charge >= 0.3 is 0 Å². The molecular weight excluding hydrogens is 1040 g/mol. The van der Waals surface area contributed by atoms with Crippen molar-refractivity contribution >= 4 is 69.1 Å². The average molecular weight is 1110 g/mol. The molecule has 4 atom stereocenters. The van der Waals surface area contributed by atoms with E-state index in [2.05, 4.69) is 35.1 Å². The molecule has 3 amide bonds. The highest BCUT2D eigenvalue weighted by Crippen LogP contribution is 2.35. The van der Waals surface area contributed by atoms with Crippen LogP contribution in [0.2, 0.25) is 5.02 Å². The molecule has 78 heavy (non-hydrogen) atoms. The van der Waals surface area contributed by atoms with Crippen LogP contribution >= 0.6 is 22.9 Å². The molecule has 6 heterocycles. The second-order valence-electron chi connectivity index (χ2n) is 21.9. The summed E-state index contributed by atoms with van der Waals surface area (Å²) < 4.78 is 16.9. The fourth-order valence-corrected chi connectivity index (χ4v) is 11.5.